The zero-order valence-electron chi connectivity index (χ0n) is 10.1. The second-order valence-electron chi connectivity index (χ2n) is 3.80. The summed E-state index contributed by atoms with van der Waals surface area (Å²) >= 11 is 0. The molecule has 1 N–H and O–H groups in total. The normalized spacial score (nSPS) is 10.1. The van der Waals surface area contributed by atoms with E-state index in [-0.39, 0.29) is 5.91 Å². The van der Waals surface area contributed by atoms with Crippen molar-refractivity contribution < 1.29 is 4.79 Å². The highest BCUT2D eigenvalue weighted by molar-refractivity contribution is 6.01. The van der Waals surface area contributed by atoms with Gasteiger partial charge in [0.15, 0.2) is 0 Å². The third-order valence-electron chi connectivity index (χ3n) is 2.37. The fraction of sp³-hybridized carbons (Fsp3) is 0. The Morgan fingerprint density at radius 1 is 1.32 bits per heavy atom. The number of carbonyl (C=O) groups excluding carboxylic acids is 1. The summed E-state index contributed by atoms with van der Waals surface area (Å²) < 4.78 is 0. The third-order valence-corrected chi connectivity index (χ3v) is 2.37. The number of hydrogen-bond acceptors (Lipinski definition) is 3. The van der Waals surface area contributed by atoms with Crippen LogP contribution in [0.5, 0.6) is 0 Å². The number of aromatic nitrogens is 1. The minimum Gasteiger partial charge on any atom is -0.321 e. The van der Waals surface area contributed by atoms with Crippen LogP contribution in [-0.4, -0.2) is 10.9 Å². The summed E-state index contributed by atoms with van der Waals surface area (Å²) in [6.07, 6.45) is 6.29. The Morgan fingerprint density at radius 3 is 2.95 bits per heavy atom. The van der Waals surface area contributed by atoms with Crippen LogP contribution >= 0.6 is 0 Å². The predicted molar refractivity (Wildman–Crippen MR) is 73.1 cm³/mol. The van der Waals surface area contributed by atoms with Gasteiger partial charge in [-0.3, -0.25) is 9.78 Å². The van der Waals surface area contributed by atoms with Crippen molar-refractivity contribution >= 4 is 17.7 Å². The van der Waals surface area contributed by atoms with Gasteiger partial charge >= 0.3 is 0 Å². The first-order valence-corrected chi connectivity index (χ1v) is 5.67. The summed E-state index contributed by atoms with van der Waals surface area (Å²) in [6, 6.07) is 12.6. The van der Waals surface area contributed by atoms with Crippen LogP contribution in [0.4, 0.5) is 5.69 Å². The molecule has 0 aliphatic rings. The summed E-state index contributed by atoms with van der Waals surface area (Å²) in [5.41, 5.74) is 2.01. The predicted octanol–water partition coefficient (Wildman–Crippen LogP) is 2.61. The number of benzene rings is 1. The van der Waals surface area contributed by atoms with Crippen LogP contribution in [0, 0.1) is 11.3 Å². The van der Waals surface area contributed by atoms with Crippen molar-refractivity contribution in [3.05, 3.63) is 66.0 Å². The fourth-order valence-corrected chi connectivity index (χ4v) is 1.50. The van der Waals surface area contributed by atoms with Crippen molar-refractivity contribution in [3.63, 3.8) is 0 Å². The highest BCUT2D eigenvalue weighted by Gasteiger charge is 1.97. The minimum absolute atomic E-state index is 0.240. The topological polar surface area (TPSA) is 65.8 Å². The van der Waals surface area contributed by atoms with Gasteiger partial charge in [-0.25, -0.2) is 0 Å². The second-order valence-corrected chi connectivity index (χ2v) is 3.80. The molecule has 1 aromatic heterocycles. The molecule has 4 heteroatoms. The lowest BCUT2D eigenvalue weighted by Gasteiger charge is -2.00. The first-order valence-electron chi connectivity index (χ1n) is 5.67. The summed E-state index contributed by atoms with van der Waals surface area (Å²) in [5.74, 6) is -0.240. The summed E-state index contributed by atoms with van der Waals surface area (Å²) in [4.78, 5) is 15.6. The SMILES string of the molecule is N#Cc1cccc(/C=C/C(=O)Nc2cccnc2)c1. The Morgan fingerprint density at radius 2 is 2.21 bits per heavy atom. The van der Waals surface area contributed by atoms with Crippen LogP contribution in [-0.2, 0) is 4.79 Å². The molecule has 0 bridgehead atoms. The van der Waals surface area contributed by atoms with Gasteiger partial charge in [0.1, 0.15) is 0 Å². The van der Waals surface area contributed by atoms with Gasteiger partial charge < -0.3 is 5.32 Å². The molecule has 0 radical (unpaired) electrons. The molecule has 0 aliphatic carbocycles. The molecular weight excluding hydrogens is 238 g/mol. The van der Waals surface area contributed by atoms with Crippen molar-refractivity contribution in [2.75, 3.05) is 5.32 Å². The molecule has 0 spiro atoms. The number of nitrogens with zero attached hydrogens (tertiary/aromatic N) is 2. The molecule has 1 amide bonds. The van der Waals surface area contributed by atoms with Crippen molar-refractivity contribution in [2.24, 2.45) is 0 Å². The Balaban J connectivity index is 2.02. The molecule has 0 atom stereocenters. The van der Waals surface area contributed by atoms with E-state index in [1.807, 2.05) is 6.07 Å². The van der Waals surface area contributed by atoms with Gasteiger partial charge in [0.2, 0.25) is 5.91 Å². The third kappa shape index (κ3) is 3.79. The highest BCUT2D eigenvalue weighted by Crippen LogP contribution is 2.07. The molecule has 0 fully saturated rings. The molecular formula is C15H11N3O. The molecule has 1 heterocycles. The maximum atomic E-state index is 11.6. The standard InChI is InChI=1S/C15H11N3O/c16-10-13-4-1-3-12(9-13)6-7-15(19)18-14-5-2-8-17-11-14/h1-9,11H,(H,18,19)/b7-6+. The number of amides is 1. The number of carbonyl (C=O) groups is 1. The van der Waals surface area contributed by atoms with Crippen molar-refractivity contribution in [2.45, 2.75) is 0 Å². The number of rotatable bonds is 3. The molecule has 1 aromatic carbocycles. The second kappa shape index (κ2) is 6.12. The van der Waals surface area contributed by atoms with Crippen molar-refractivity contribution in [1.82, 2.24) is 4.98 Å². The van der Waals surface area contributed by atoms with Gasteiger partial charge in [-0.05, 0) is 35.9 Å². The molecule has 2 aromatic rings. The van der Waals surface area contributed by atoms with Crippen LogP contribution < -0.4 is 5.32 Å². The van der Waals surface area contributed by atoms with Crippen molar-refractivity contribution in [3.8, 4) is 6.07 Å². The first kappa shape index (κ1) is 12.5. The first-order chi connectivity index (χ1) is 9.28. The molecule has 0 saturated heterocycles. The van der Waals surface area contributed by atoms with Gasteiger partial charge in [-0.1, -0.05) is 12.1 Å². The van der Waals surface area contributed by atoms with E-state index in [1.54, 1.807) is 48.8 Å². The van der Waals surface area contributed by atoms with Gasteiger partial charge in [0.05, 0.1) is 23.5 Å². The summed E-state index contributed by atoms with van der Waals surface area (Å²) in [7, 11) is 0. The van der Waals surface area contributed by atoms with Crippen LogP contribution in [0.1, 0.15) is 11.1 Å². The van der Waals surface area contributed by atoms with Crippen molar-refractivity contribution in [1.29, 1.82) is 5.26 Å². The van der Waals surface area contributed by atoms with E-state index < -0.39 is 0 Å². The molecule has 0 unspecified atom stereocenters. The maximum absolute atomic E-state index is 11.6. The van der Waals surface area contributed by atoms with Crippen LogP contribution in [0.25, 0.3) is 6.08 Å². The van der Waals surface area contributed by atoms with Gasteiger partial charge in [0, 0.05) is 12.3 Å². The Bertz CT molecular complexity index is 642. The highest BCUT2D eigenvalue weighted by atomic mass is 16.1. The monoisotopic (exact) mass is 249 g/mol. The summed E-state index contributed by atoms with van der Waals surface area (Å²) in [6.45, 7) is 0. The Kier molecular flexibility index (Phi) is 4.04. The quantitative estimate of drug-likeness (QED) is 0.850. The van der Waals surface area contributed by atoms with Gasteiger partial charge in [0.25, 0.3) is 0 Å². The Labute approximate surface area is 111 Å². The van der Waals surface area contributed by atoms with E-state index in [0.29, 0.717) is 11.3 Å². The van der Waals surface area contributed by atoms with E-state index in [1.165, 1.54) is 6.08 Å². The number of anilines is 1. The molecule has 4 nitrogen and oxygen atoms in total. The zero-order valence-corrected chi connectivity index (χ0v) is 10.1. The molecule has 92 valence electrons. The smallest absolute Gasteiger partial charge is 0.248 e. The fourth-order valence-electron chi connectivity index (χ4n) is 1.50. The van der Waals surface area contributed by atoms with Crippen LogP contribution in [0.2, 0.25) is 0 Å². The number of hydrogen-bond donors (Lipinski definition) is 1. The zero-order chi connectivity index (χ0) is 13.5. The molecule has 0 saturated carbocycles. The lowest BCUT2D eigenvalue weighted by atomic mass is 10.1. The van der Waals surface area contributed by atoms with E-state index in [2.05, 4.69) is 16.4 Å². The number of nitrogens with one attached hydrogen (secondary N) is 1. The average Bonchev–Trinajstić information content (AvgIpc) is 2.46. The van der Waals surface area contributed by atoms with E-state index >= 15 is 0 Å². The number of pyridine rings is 1. The Hall–Kier alpha value is -2.93. The van der Waals surface area contributed by atoms with Crippen LogP contribution in [0.3, 0.4) is 0 Å². The van der Waals surface area contributed by atoms with E-state index in [9.17, 15) is 4.79 Å². The molecule has 0 aliphatic heterocycles. The lowest BCUT2D eigenvalue weighted by molar-refractivity contribution is -0.111. The number of nitriles is 1. The molecule has 19 heavy (non-hydrogen) atoms. The summed E-state index contributed by atoms with van der Waals surface area (Å²) in [5, 5.41) is 11.5. The lowest BCUT2D eigenvalue weighted by Crippen LogP contribution is -2.07. The van der Waals surface area contributed by atoms with E-state index in [0.717, 1.165) is 5.56 Å². The molecule has 2 rings (SSSR count). The van der Waals surface area contributed by atoms with Crippen LogP contribution in [0.15, 0.2) is 54.9 Å². The van der Waals surface area contributed by atoms with Gasteiger partial charge in [-0.2, -0.15) is 5.26 Å². The maximum Gasteiger partial charge on any atom is 0.248 e. The van der Waals surface area contributed by atoms with Gasteiger partial charge in [-0.15, -0.1) is 0 Å². The average molecular weight is 249 g/mol. The minimum atomic E-state index is -0.240. The van der Waals surface area contributed by atoms with E-state index in [4.69, 9.17) is 5.26 Å². The largest absolute Gasteiger partial charge is 0.321 e.